The van der Waals surface area contributed by atoms with Crippen molar-refractivity contribution in [2.45, 2.75) is 32.0 Å². The lowest BCUT2D eigenvalue weighted by Gasteiger charge is -2.50. The number of aliphatic hydroxyl groups excluding tert-OH is 1. The summed E-state index contributed by atoms with van der Waals surface area (Å²) in [5.41, 5.74) is 0.603. The van der Waals surface area contributed by atoms with Crippen molar-refractivity contribution in [3.8, 4) is 0 Å². The number of morpholine rings is 1. The molecule has 4 fully saturated rings. The Kier molecular flexibility index (Phi) is 4.51. The van der Waals surface area contributed by atoms with Gasteiger partial charge in [0, 0.05) is 25.7 Å². The Morgan fingerprint density at radius 1 is 1.33 bits per heavy atom. The summed E-state index contributed by atoms with van der Waals surface area (Å²) < 4.78 is 7.17. The minimum atomic E-state index is -0.0763. The first kappa shape index (κ1) is 16.0. The quantitative estimate of drug-likeness (QED) is 0.786. The van der Waals surface area contributed by atoms with Crippen LogP contribution in [0, 0.1) is 11.8 Å². The zero-order chi connectivity index (χ0) is 16.5. The largest absolute Gasteiger partial charge is 0.390 e. The monoisotopic (exact) mass is 335 g/mol. The highest BCUT2D eigenvalue weighted by Gasteiger charge is 2.44. The van der Waals surface area contributed by atoms with Crippen molar-refractivity contribution in [2.24, 2.45) is 11.8 Å². The lowest BCUT2D eigenvalue weighted by Crippen LogP contribution is -2.59. The Morgan fingerprint density at radius 3 is 2.83 bits per heavy atom. The zero-order valence-corrected chi connectivity index (χ0v) is 13.9. The molecule has 132 valence electrons. The third-order valence-electron chi connectivity index (χ3n) is 5.66. The number of hydrogen-bond acceptors (Lipinski definition) is 6. The molecule has 1 N–H and O–H groups in total. The van der Waals surface area contributed by atoms with Crippen LogP contribution in [0.4, 0.5) is 0 Å². The van der Waals surface area contributed by atoms with Crippen LogP contribution in [0.25, 0.3) is 0 Å². The van der Waals surface area contributed by atoms with E-state index in [4.69, 9.17) is 9.84 Å². The van der Waals surface area contributed by atoms with Gasteiger partial charge in [0.25, 0.3) is 0 Å². The highest BCUT2D eigenvalue weighted by molar-refractivity contribution is 5.79. The van der Waals surface area contributed by atoms with E-state index in [-0.39, 0.29) is 12.5 Å². The Bertz CT molecular complexity index is 586. The summed E-state index contributed by atoms with van der Waals surface area (Å²) in [7, 11) is 0. The van der Waals surface area contributed by atoms with E-state index in [9.17, 15) is 4.79 Å². The molecule has 4 aliphatic heterocycles. The first-order valence-corrected chi connectivity index (χ1v) is 8.85. The van der Waals surface area contributed by atoms with E-state index in [1.807, 2.05) is 9.58 Å². The molecule has 24 heavy (non-hydrogen) atoms. The number of fused-ring (bicyclic) bond motifs is 3. The predicted octanol–water partition coefficient (Wildman–Crippen LogP) is -0.660. The average Bonchev–Trinajstić information content (AvgIpc) is 3.10. The van der Waals surface area contributed by atoms with Crippen molar-refractivity contribution in [2.75, 3.05) is 39.4 Å². The van der Waals surface area contributed by atoms with Gasteiger partial charge in [-0.3, -0.25) is 14.4 Å². The molecular formula is C16H25N5O3. The van der Waals surface area contributed by atoms with Crippen molar-refractivity contribution in [1.29, 1.82) is 0 Å². The van der Waals surface area contributed by atoms with Crippen LogP contribution in [0.3, 0.4) is 0 Å². The van der Waals surface area contributed by atoms with E-state index in [2.05, 4.69) is 15.2 Å². The summed E-state index contributed by atoms with van der Waals surface area (Å²) >= 11 is 0. The number of rotatable bonds is 4. The van der Waals surface area contributed by atoms with Gasteiger partial charge in [-0.2, -0.15) is 0 Å². The van der Waals surface area contributed by atoms with Gasteiger partial charge in [-0.1, -0.05) is 5.21 Å². The second kappa shape index (κ2) is 6.78. The number of nitrogens with zero attached hydrogens (tertiary/aromatic N) is 5. The van der Waals surface area contributed by atoms with Crippen LogP contribution in [-0.4, -0.2) is 81.2 Å². The fourth-order valence-electron chi connectivity index (χ4n) is 4.34. The normalized spacial score (nSPS) is 33.0. The molecule has 8 nitrogen and oxygen atoms in total. The summed E-state index contributed by atoms with van der Waals surface area (Å²) in [6.45, 7) is 5.40. The molecule has 4 atom stereocenters. The lowest BCUT2D eigenvalue weighted by molar-refractivity contribution is -0.148. The molecule has 1 amide bonds. The summed E-state index contributed by atoms with van der Waals surface area (Å²) in [5, 5.41) is 17.1. The van der Waals surface area contributed by atoms with Crippen LogP contribution in [0.2, 0.25) is 0 Å². The topological polar surface area (TPSA) is 83.7 Å². The number of hydrogen-bond donors (Lipinski definition) is 1. The van der Waals surface area contributed by atoms with Crippen molar-refractivity contribution in [3.63, 3.8) is 0 Å². The molecule has 1 aromatic rings. The minimum absolute atomic E-state index is 0.0763. The Balaban J connectivity index is 1.39. The maximum absolute atomic E-state index is 12.8. The van der Waals surface area contributed by atoms with E-state index in [1.165, 1.54) is 0 Å². The van der Waals surface area contributed by atoms with Gasteiger partial charge >= 0.3 is 0 Å². The van der Waals surface area contributed by atoms with Gasteiger partial charge in [-0.05, 0) is 25.3 Å². The molecule has 0 aliphatic carbocycles. The number of amides is 1. The predicted molar refractivity (Wildman–Crippen MR) is 84.9 cm³/mol. The van der Waals surface area contributed by atoms with Crippen LogP contribution >= 0.6 is 0 Å². The molecule has 1 unspecified atom stereocenters. The first-order valence-electron chi connectivity index (χ1n) is 8.85. The van der Waals surface area contributed by atoms with Crippen molar-refractivity contribution in [3.05, 3.63) is 11.9 Å². The van der Waals surface area contributed by atoms with Crippen molar-refractivity contribution < 1.29 is 14.6 Å². The van der Waals surface area contributed by atoms with E-state index < -0.39 is 0 Å². The molecule has 2 bridgehead atoms. The first-order chi connectivity index (χ1) is 11.7. The second-order valence-corrected chi connectivity index (χ2v) is 7.07. The van der Waals surface area contributed by atoms with Crippen LogP contribution in [0.15, 0.2) is 6.20 Å². The lowest BCUT2D eigenvalue weighted by atomic mass is 9.75. The molecule has 1 aromatic heterocycles. The van der Waals surface area contributed by atoms with E-state index in [0.717, 1.165) is 45.6 Å². The van der Waals surface area contributed by atoms with Crippen LogP contribution in [0.1, 0.15) is 18.5 Å². The zero-order valence-electron chi connectivity index (χ0n) is 13.9. The van der Waals surface area contributed by atoms with Gasteiger partial charge in [-0.25, -0.2) is 0 Å². The van der Waals surface area contributed by atoms with Gasteiger partial charge in [0.05, 0.1) is 38.5 Å². The van der Waals surface area contributed by atoms with Gasteiger partial charge in [0.15, 0.2) is 0 Å². The Morgan fingerprint density at radius 2 is 2.17 bits per heavy atom. The fourth-order valence-corrected chi connectivity index (χ4v) is 4.34. The summed E-state index contributed by atoms with van der Waals surface area (Å²) in [5.74, 6) is 0.919. The molecule has 0 aromatic carbocycles. The standard InChI is InChI=1S/C16H25N5O3/c22-11-13-8-21(18-17-13)9-14-7-12-1-2-20(14)10-15(12)16(23)19-3-5-24-6-4-19/h8,12,14-15,22H,1-7,9-11H2/t12-,14+,15-/m0/s1. The van der Waals surface area contributed by atoms with Gasteiger partial charge in [0.1, 0.15) is 5.69 Å². The number of ether oxygens (including phenoxy) is 1. The van der Waals surface area contributed by atoms with E-state index in [0.29, 0.717) is 36.8 Å². The molecule has 5 heterocycles. The molecule has 5 rings (SSSR count). The number of carbonyl (C=O) groups is 1. The second-order valence-electron chi connectivity index (χ2n) is 7.07. The number of aliphatic hydroxyl groups is 1. The third-order valence-corrected chi connectivity index (χ3v) is 5.66. The maximum Gasteiger partial charge on any atom is 0.227 e. The summed E-state index contributed by atoms with van der Waals surface area (Å²) in [4.78, 5) is 17.3. The van der Waals surface area contributed by atoms with E-state index >= 15 is 0 Å². The SMILES string of the molecule is O=C([C@H]1CN2CC[C@H]1C[C@@H]2Cn1cc(CO)nn1)N1CCOCC1. The molecule has 0 saturated carbocycles. The fraction of sp³-hybridized carbons (Fsp3) is 0.812. The molecular weight excluding hydrogens is 310 g/mol. The van der Waals surface area contributed by atoms with Gasteiger partial charge < -0.3 is 14.7 Å². The molecule has 0 radical (unpaired) electrons. The highest BCUT2D eigenvalue weighted by Crippen LogP contribution is 2.37. The molecule has 4 aliphatic rings. The Labute approximate surface area is 141 Å². The third kappa shape index (κ3) is 3.05. The van der Waals surface area contributed by atoms with Gasteiger partial charge in [-0.15, -0.1) is 5.10 Å². The van der Waals surface area contributed by atoms with Crippen molar-refractivity contribution >= 4 is 5.91 Å². The van der Waals surface area contributed by atoms with Crippen LogP contribution < -0.4 is 0 Å². The average molecular weight is 335 g/mol. The smallest absolute Gasteiger partial charge is 0.227 e. The number of piperidine rings is 3. The Hall–Kier alpha value is -1.51. The highest BCUT2D eigenvalue weighted by atomic mass is 16.5. The van der Waals surface area contributed by atoms with Gasteiger partial charge in [0.2, 0.25) is 5.91 Å². The van der Waals surface area contributed by atoms with Crippen LogP contribution in [-0.2, 0) is 22.7 Å². The summed E-state index contributed by atoms with van der Waals surface area (Å²) in [6, 6.07) is 0.408. The van der Waals surface area contributed by atoms with Crippen molar-refractivity contribution in [1.82, 2.24) is 24.8 Å². The van der Waals surface area contributed by atoms with Crippen LogP contribution in [0.5, 0.6) is 0 Å². The number of aromatic nitrogens is 3. The molecule has 8 heteroatoms. The number of carbonyl (C=O) groups excluding carboxylic acids is 1. The molecule has 0 spiro atoms. The molecule has 4 saturated heterocycles. The minimum Gasteiger partial charge on any atom is -0.390 e. The van der Waals surface area contributed by atoms with E-state index in [1.54, 1.807) is 6.20 Å². The summed E-state index contributed by atoms with van der Waals surface area (Å²) in [6.07, 6.45) is 3.95. The maximum atomic E-state index is 12.8.